The lowest BCUT2D eigenvalue weighted by molar-refractivity contribution is -0.122. The molecule has 0 atom stereocenters. The summed E-state index contributed by atoms with van der Waals surface area (Å²) in [4.78, 5) is 23.0. The lowest BCUT2D eigenvalue weighted by Gasteiger charge is -2.31. The first kappa shape index (κ1) is 13.1. The van der Waals surface area contributed by atoms with Crippen LogP contribution in [-0.4, -0.2) is 35.6 Å². The standard InChI is InChI=1S/C11H13BrN2O4/c12-9-2-1-8(18-9)11(17)13-5-10(16)14-6-3-7(15)4-6/h1-2,6-7,15H,3-5H2,(H,13,17)(H,14,16). The van der Waals surface area contributed by atoms with Crippen LogP contribution in [0.1, 0.15) is 23.4 Å². The summed E-state index contributed by atoms with van der Waals surface area (Å²) < 4.78 is 5.50. The van der Waals surface area contributed by atoms with Crippen molar-refractivity contribution in [1.29, 1.82) is 0 Å². The molecule has 1 aliphatic carbocycles. The Morgan fingerprint density at radius 1 is 1.44 bits per heavy atom. The number of hydrogen-bond donors (Lipinski definition) is 3. The van der Waals surface area contributed by atoms with Crippen LogP contribution in [0.3, 0.4) is 0 Å². The Bertz CT molecular complexity index is 454. The summed E-state index contributed by atoms with van der Waals surface area (Å²) in [6, 6.07) is 3.13. The Kier molecular flexibility index (Phi) is 4.03. The van der Waals surface area contributed by atoms with E-state index in [4.69, 9.17) is 9.52 Å². The largest absolute Gasteiger partial charge is 0.444 e. The van der Waals surface area contributed by atoms with Crippen molar-refractivity contribution < 1.29 is 19.1 Å². The molecule has 2 rings (SSSR count). The fraction of sp³-hybridized carbons (Fsp3) is 0.455. The van der Waals surface area contributed by atoms with Crippen LogP contribution < -0.4 is 10.6 Å². The van der Waals surface area contributed by atoms with Gasteiger partial charge in [-0.2, -0.15) is 0 Å². The maximum atomic E-state index is 11.5. The van der Waals surface area contributed by atoms with E-state index < -0.39 is 5.91 Å². The third kappa shape index (κ3) is 3.33. The minimum absolute atomic E-state index is 0.0159. The number of rotatable bonds is 4. The van der Waals surface area contributed by atoms with Crippen molar-refractivity contribution in [3.63, 3.8) is 0 Å². The van der Waals surface area contributed by atoms with Crippen LogP contribution in [0.15, 0.2) is 21.2 Å². The maximum absolute atomic E-state index is 11.5. The first-order valence-corrected chi connectivity index (χ1v) is 6.35. The molecule has 1 fully saturated rings. The van der Waals surface area contributed by atoms with Gasteiger partial charge < -0.3 is 20.2 Å². The Morgan fingerprint density at radius 3 is 2.72 bits per heavy atom. The van der Waals surface area contributed by atoms with Crippen molar-refractivity contribution in [1.82, 2.24) is 10.6 Å². The van der Waals surface area contributed by atoms with Crippen LogP contribution in [-0.2, 0) is 4.79 Å². The second-order valence-corrected chi connectivity index (χ2v) is 4.96. The highest BCUT2D eigenvalue weighted by atomic mass is 79.9. The summed E-state index contributed by atoms with van der Waals surface area (Å²) in [7, 11) is 0. The van der Waals surface area contributed by atoms with Gasteiger partial charge in [0.15, 0.2) is 10.4 Å². The molecule has 1 aromatic heterocycles. The van der Waals surface area contributed by atoms with Crippen molar-refractivity contribution in [3.8, 4) is 0 Å². The number of carbonyl (C=O) groups excluding carboxylic acids is 2. The van der Waals surface area contributed by atoms with E-state index in [0.29, 0.717) is 17.5 Å². The second kappa shape index (κ2) is 5.53. The number of carbonyl (C=O) groups is 2. The van der Waals surface area contributed by atoms with Crippen molar-refractivity contribution in [2.75, 3.05) is 6.54 Å². The number of halogens is 1. The monoisotopic (exact) mass is 316 g/mol. The minimum Gasteiger partial charge on any atom is -0.444 e. The first-order chi connectivity index (χ1) is 8.54. The molecular formula is C11H13BrN2O4. The zero-order valence-electron chi connectivity index (χ0n) is 9.48. The normalized spacial score (nSPS) is 22.1. The van der Waals surface area contributed by atoms with E-state index in [1.54, 1.807) is 6.07 Å². The Morgan fingerprint density at radius 2 is 2.17 bits per heavy atom. The highest BCUT2D eigenvalue weighted by molar-refractivity contribution is 9.10. The average molecular weight is 317 g/mol. The van der Waals surface area contributed by atoms with Gasteiger partial charge in [-0.25, -0.2) is 0 Å². The molecule has 6 nitrogen and oxygen atoms in total. The van der Waals surface area contributed by atoms with E-state index in [1.165, 1.54) is 6.07 Å². The quantitative estimate of drug-likeness (QED) is 0.750. The molecule has 3 N–H and O–H groups in total. The number of amides is 2. The summed E-state index contributed by atoms with van der Waals surface area (Å²) in [5, 5.41) is 14.2. The van der Waals surface area contributed by atoms with Crippen LogP contribution >= 0.6 is 15.9 Å². The van der Waals surface area contributed by atoms with Crippen molar-refractivity contribution in [2.45, 2.75) is 25.0 Å². The van der Waals surface area contributed by atoms with Gasteiger partial charge in [-0.3, -0.25) is 9.59 Å². The zero-order valence-corrected chi connectivity index (χ0v) is 11.1. The number of aliphatic hydroxyl groups excluding tert-OH is 1. The van der Waals surface area contributed by atoms with Crippen LogP contribution in [0.5, 0.6) is 0 Å². The van der Waals surface area contributed by atoms with E-state index in [2.05, 4.69) is 26.6 Å². The van der Waals surface area contributed by atoms with E-state index in [0.717, 1.165) is 0 Å². The van der Waals surface area contributed by atoms with Gasteiger partial charge in [0, 0.05) is 6.04 Å². The van der Waals surface area contributed by atoms with Crippen molar-refractivity contribution in [2.24, 2.45) is 0 Å². The fourth-order valence-electron chi connectivity index (χ4n) is 1.67. The average Bonchev–Trinajstić information content (AvgIpc) is 2.71. The van der Waals surface area contributed by atoms with Crippen LogP contribution in [0.25, 0.3) is 0 Å². The van der Waals surface area contributed by atoms with Gasteiger partial charge in [-0.05, 0) is 40.9 Å². The van der Waals surface area contributed by atoms with Gasteiger partial charge in [0.05, 0.1) is 12.6 Å². The number of aliphatic hydroxyl groups is 1. The molecule has 0 radical (unpaired) electrons. The topological polar surface area (TPSA) is 91.6 Å². The lowest BCUT2D eigenvalue weighted by atomic mass is 9.89. The SMILES string of the molecule is O=C(CNC(=O)c1ccc(Br)o1)NC1CC(O)C1. The van der Waals surface area contributed by atoms with Crippen molar-refractivity contribution >= 4 is 27.7 Å². The molecule has 0 aliphatic heterocycles. The van der Waals surface area contributed by atoms with Gasteiger partial charge in [0.2, 0.25) is 5.91 Å². The van der Waals surface area contributed by atoms with Gasteiger partial charge in [-0.15, -0.1) is 0 Å². The molecule has 1 aromatic rings. The highest BCUT2D eigenvalue weighted by Crippen LogP contribution is 2.19. The van der Waals surface area contributed by atoms with Crippen LogP contribution in [0.2, 0.25) is 0 Å². The van der Waals surface area contributed by atoms with Crippen LogP contribution in [0, 0.1) is 0 Å². The Hall–Kier alpha value is -1.34. The molecule has 98 valence electrons. The van der Waals surface area contributed by atoms with E-state index in [-0.39, 0.29) is 30.4 Å². The summed E-state index contributed by atoms with van der Waals surface area (Å²) in [6.45, 7) is -0.107. The Labute approximate surface area is 112 Å². The Balaban J connectivity index is 1.71. The fourth-order valence-corrected chi connectivity index (χ4v) is 1.97. The summed E-state index contributed by atoms with van der Waals surface area (Å²) in [5.74, 6) is -0.566. The number of nitrogens with one attached hydrogen (secondary N) is 2. The third-order valence-electron chi connectivity index (χ3n) is 2.68. The smallest absolute Gasteiger partial charge is 0.287 e. The molecular weight excluding hydrogens is 304 g/mol. The molecule has 18 heavy (non-hydrogen) atoms. The van der Waals surface area contributed by atoms with Crippen LogP contribution in [0.4, 0.5) is 0 Å². The summed E-state index contributed by atoms with van der Waals surface area (Å²) in [5.41, 5.74) is 0. The third-order valence-corrected chi connectivity index (χ3v) is 3.11. The highest BCUT2D eigenvalue weighted by Gasteiger charge is 2.28. The number of hydrogen-bond acceptors (Lipinski definition) is 4. The van der Waals surface area contributed by atoms with E-state index >= 15 is 0 Å². The second-order valence-electron chi connectivity index (χ2n) is 4.18. The number of furan rings is 1. The molecule has 1 heterocycles. The molecule has 7 heteroatoms. The molecule has 0 aromatic carbocycles. The molecule has 2 amide bonds. The van der Waals surface area contributed by atoms with Gasteiger partial charge in [-0.1, -0.05) is 0 Å². The lowest BCUT2D eigenvalue weighted by Crippen LogP contribution is -2.49. The summed E-state index contributed by atoms with van der Waals surface area (Å²) in [6.07, 6.45) is 0.834. The zero-order chi connectivity index (χ0) is 13.1. The predicted octanol–water partition coefficient (Wildman–Crippen LogP) is 0.411. The molecule has 0 bridgehead atoms. The van der Waals surface area contributed by atoms with E-state index in [1.807, 2.05) is 0 Å². The minimum atomic E-state index is -0.440. The van der Waals surface area contributed by atoms with Gasteiger partial charge in [0.25, 0.3) is 5.91 Å². The first-order valence-electron chi connectivity index (χ1n) is 5.55. The van der Waals surface area contributed by atoms with E-state index in [9.17, 15) is 9.59 Å². The molecule has 1 aliphatic rings. The summed E-state index contributed by atoms with van der Waals surface area (Å²) >= 11 is 3.09. The van der Waals surface area contributed by atoms with Crippen molar-refractivity contribution in [3.05, 3.63) is 22.6 Å². The van der Waals surface area contributed by atoms with Gasteiger partial charge in [0.1, 0.15) is 0 Å². The molecule has 1 saturated carbocycles. The molecule has 0 unspecified atom stereocenters. The molecule has 0 spiro atoms. The predicted molar refractivity (Wildman–Crippen MR) is 65.9 cm³/mol. The maximum Gasteiger partial charge on any atom is 0.287 e. The molecule has 0 saturated heterocycles. The van der Waals surface area contributed by atoms with Gasteiger partial charge >= 0.3 is 0 Å².